The van der Waals surface area contributed by atoms with Gasteiger partial charge in [-0.05, 0) is 31.0 Å². The average Bonchev–Trinajstić information content (AvgIpc) is 2.63. The van der Waals surface area contributed by atoms with E-state index in [1.54, 1.807) is 0 Å². The van der Waals surface area contributed by atoms with Gasteiger partial charge in [0, 0.05) is 6.07 Å². The predicted molar refractivity (Wildman–Crippen MR) is 98.2 cm³/mol. The number of nitrogens with zero attached hydrogens (tertiary/aromatic N) is 1. The molecule has 3 rings (SSSR count). The summed E-state index contributed by atoms with van der Waals surface area (Å²) in [4.78, 5) is 7.09. The highest BCUT2D eigenvalue weighted by molar-refractivity contribution is 5.39. The van der Waals surface area contributed by atoms with Crippen molar-refractivity contribution in [2.45, 2.75) is 20.0 Å². The highest BCUT2D eigenvalue weighted by Crippen LogP contribution is 2.22. The smallest absolute Gasteiger partial charge is 0.274 e. The summed E-state index contributed by atoms with van der Waals surface area (Å²) in [6.07, 6.45) is 1.52. The van der Waals surface area contributed by atoms with Crippen LogP contribution in [-0.4, -0.2) is 50.5 Å². The number of rotatable bonds is 6. The zero-order valence-corrected chi connectivity index (χ0v) is 15.2. The molecule has 2 aromatic rings. The maximum Gasteiger partial charge on any atom is 0.274 e. The molecule has 134 valence electrons. The lowest BCUT2D eigenvalue weighted by atomic mass is 10.1. The number of aryl methyl sites for hydroxylation is 2. The van der Waals surface area contributed by atoms with Crippen LogP contribution in [0.3, 0.4) is 0 Å². The first-order chi connectivity index (χ1) is 12.1. The van der Waals surface area contributed by atoms with Gasteiger partial charge in [-0.25, -0.2) is 4.98 Å². The molecule has 1 saturated heterocycles. The number of aliphatic hydroxyl groups is 1. The zero-order valence-electron chi connectivity index (χ0n) is 15.2. The van der Waals surface area contributed by atoms with Crippen molar-refractivity contribution in [2.75, 3.05) is 44.2 Å². The molecule has 0 unspecified atom stereocenters. The molecule has 0 spiro atoms. The minimum Gasteiger partial charge on any atom is -0.490 e. The molecular formula is C20H29N3O2+2. The van der Waals surface area contributed by atoms with Crippen molar-refractivity contribution in [3.63, 3.8) is 0 Å². The van der Waals surface area contributed by atoms with Crippen molar-refractivity contribution < 1.29 is 19.7 Å². The number of anilines is 1. The Morgan fingerprint density at radius 2 is 1.84 bits per heavy atom. The molecule has 5 nitrogen and oxygen atoms in total. The van der Waals surface area contributed by atoms with Crippen LogP contribution in [0.1, 0.15) is 11.1 Å². The second kappa shape index (κ2) is 8.32. The van der Waals surface area contributed by atoms with Crippen LogP contribution in [0.4, 0.5) is 5.82 Å². The van der Waals surface area contributed by atoms with E-state index in [1.165, 1.54) is 10.7 Å². The zero-order chi connectivity index (χ0) is 17.6. The number of hydrogen-bond donors (Lipinski definition) is 2. The van der Waals surface area contributed by atoms with Gasteiger partial charge in [0.1, 0.15) is 51.2 Å². The van der Waals surface area contributed by atoms with Gasteiger partial charge in [0.25, 0.3) is 5.82 Å². The monoisotopic (exact) mass is 343 g/mol. The normalized spacial score (nSPS) is 16.7. The number of aliphatic hydroxyl groups excluding tert-OH is 1. The lowest BCUT2D eigenvalue weighted by Gasteiger charge is -2.29. The van der Waals surface area contributed by atoms with Crippen molar-refractivity contribution in [3.05, 3.63) is 53.7 Å². The fourth-order valence-corrected chi connectivity index (χ4v) is 3.45. The van der Waals surface area contributed by atoms with E-state index in [2.05, 4.69) is 22.0 Å². The Labute approximate surface area is 149 Å². The van der Waals surface area contributed by atoms with Crippen molar-refractivity contribution in [1.82, 2.24) is 0 Å². The second-order valence-electron chi connectivity index (χ2n) is 6.87. The third-order valence-corrected chi connectivity index (χ3v) is 4.86. The summed E-state index contributed by atoms with van der Waals surface area (Å²) in [5.74, 6) is 2.07. The maximum absolute atomic E-state index is 10.4. The summed E-state index contributed by atoms with van der Waals surface area (Å²) >= 11 is 0. The lowest BCUT2D eigenvalue weighted by molar-refractivity contribution is -0.903. The number of hydrogen-bond acceptors (Lipinski definition) is 3. The van der Waals surface area contributed by atoms with Crippen LogP contribution in [0.15, 0.2) is 42.6 Å². The highest BCUT2D eigenvalue weighted by Gasteiger charge is 2.27. The first-order valence-electron chi connectivity index (χ1n) is 9.06. The van der Waals surface area contributed by atoms with Gasteiger partial charge in [-0.1, -0.05) is 24.3 Å². The predicted octanol–water partition coefficient (Wildman–Crippen LogP) is 0.262. The van der Waals surface area contributed by atoms with Crippen LogP contribution in [0, 0.1) is 13.8 Å². The van der Waals surface area contributed by atoms with Crippen molar-refractivity contribution >= 4 is 5.82 Å². The third kappa shape index (κ3) is 4.71. The van der Waals surface area contributed by atoms with Crippen molar-refractivity contribution in [1.29, 1.82) is 0 Å². The van der Waals surface area contributed by atoms with Gasteiger partial charge in [-0.3, -0.25) is 4.90 Å². The minimum absolute atomic E-state index is 0.353. The number of nitrogens with one attached hydrogen (secondary N) is 2. The molecule has 0 saturated carbocycles. The Morgan fingerprint density at radius 1 is 1.12 bits per heavy atom. The third-order valence-electron chi connectivity index (χ3n) is 4.86. The van der Waals surface area contributed by atoms with E-state index in [-0.39, 0.29) is 0 Å². The molecule has 0 bridgehead atoms. The lowest BCUT2D eigenvalue weighted by Crippen LogP contribution is -3.16. The van der Waals surface area contributed by atoms with Crippen LogP contribution >= 0.6 is 0 Å². The Kier molecular flexibility index (Phi) is 5.89. The number of ether oxygens (including phenoxy) is 1. The molecule has 1 aromatic heterocycles. The van der Waals surface area contributed by atoms with Crippen LogP contribution in [0.2, 0.25) is 0 Å². The molecule has 2 heterocycles. The number of H-pyrrole nitrogens is 1. The Bertz CT molecular complexity index is 650. The summed E-state index contributed by atoms with van der Waals surface area (Å²) in [5.41, 5.74) is 2.24. The molecule has 1 aliphatic heterocycles. The molecule has 1 aliphatic rings. The maximum atomic E-state index is 10.4. The minimum atomic E-state index is -0.441. The number of benzene rings is 1. The van der Waals surface area contributed by atoms with E-state index in [1.807, 2.05) is 44.3 Å². The molecule has 3 N–H and O–H groups in total. The van der Waals surface area contributed by atoms with E-state index in [9.17, 15) is 5.11 Å². The van der Waals surface area contributed by atoms with Gasteiger partial charge in [0.2, 0.25) is 0 Å². The van der Waals surface area contributed by atoms with Gasteiger partial charge >= 0.3 is 0 Å². The summed E-state index contributed by atoms with van der Waals surface area (Å²) in [7, 11) is 0. The Morgan fingerprint density at radius 3 is 2.48 bits per heavy atom. The summed E-state index contributed by atoms with van der Waals surface area (Å²) in [6.45, 7) is 9.23. The van der Waals surface area contributed by atoms with E-state index < -0.39 is 6.10 Å². The van der Waals surface area contributed by atoms with E-state index in [4.69, 9.17) is 4.74 Å². The van der Waals surface area contributed by atoms with Crippen LogP contribution < -0.4 is 19.5 Å². The standard InChI is InChI=1S/C20H27N3O2/c1-16-6-5-7-17(2)20(16)25-15-18(24)14-22-10-12-23(13-11-22)19-8-3-4-9-21-19/h3-9,18,24H,10-15H2,1-2H3/p+2/t18-/m0/s1. The second-order valence-corrected chi connectivity index (χ2v) is 6.87. The molecule has 5 heteroatoms. The van der Waals surface area contributed by atoms with Gasteiger partial charge < -0.3 is 14.7 Å². The number of piperazine rings is 1. The fourth-order valence-electron chi connectivity index (χ4n) is 3.45. The number of quaternary nitrogens is 1. The average molecular weight is 343 g/mol. The molecule has 0 amide bonds. The molecular weight excluding hydrogens is 314 g/mol. The highest BCUT2D eigenvalue weighted by atomic mass is 16.5. The van der Waals surface area contributed by atoms with E-state index in [0.717, 1.165) is 49.6 Å². The quantitative estimate of drug-likeness (QED) is 0.791. The fraction of sp³-hybridized carbons (Fsp3) is 0.450. The van der Waals surface area contributed by atoms with Gasteiger partial charge in [-0.2, -0.15) is 0 Å². The number of aromatic nitrogens is 1. The Balaban J connectivity index is 1.44. The first-order valence-corrected chi connectivity index (χ1v) is 9.06. The number of para-hydroxylation sites is 1. The molecule has 0 aliphatic carbocycles. The molecule has 1 atom stereocenters. The number of aromatic amines is 1. The topological polar surface area (TPSA) is 51.3 Å². The Hall–Kier alpha value is -2.11. The number of pyridine rings is 1. The van der Waals surface area contributed by atoms with Crippen molar-refractivity contribution in [2.24, 2.45) is 0 Å². The molecule has 25 heavy (non-hydrogen) atoms. The van der Waals surface area contributed by atoms with Gasteiger partial charge in [0.15, 0.2) is 0 Å². The van der Waals surface area contributed by atoms with Crippen LogP contribution in [0.5, 0.6) is 5.75 Å². The molecule has 1 aromatic carbocycles. The molecule has 0 radical (unpaired) electrons. The van der Waals surface area contributed by atoms with E-state index in [0.29, 0.717) is 6.61 Å². The van der Waals surface area contributed by atoms with Gasteiger partial charge in [-0.15, -0.1) is 0 Å². The van der Waals surface area contributed by atoms with Gasteiger partial charge in [0.05, 0.1) is 6.20 Å². The van der Waals surface area contributed by atoms with Crippen LogP contribution in [-0.2, 0) is 0 Å². The summed E-state index contributed by atoms with van der Waals surface area (Å²) in [6, 6.07) is 12.3. The summed E-state index contributed by atoms with van der Waals surface area (Å²) < 4.78 is 5.88. The summed E-state index contributed by atoms with van der Waals surface area (Å²) in [5, 5.41) is 10.4. The SMILES string of the molecule is Cc1cccc(C)c1OC[C@@H](O)C[NH+]1CCN(c2cccc[nH+]2)CC1. The van der Waals surface area contributed by atoms with E-state index >= 15 is 0 Å². The van der Waals surface area contributed by atoms with Crippen LogP contribution in [0.25, 0.3) is 0 Å². The first kappa shape index (κ1) is 17.7. The van der Waals surface area contributed by atoms with Crippen molar-refractivity contribution in [3.8, 4) is 5.75 Å². The molecule has 1 fully saturated rings. The largest absolute Gasteiger partial charge is 0.490 e.